The summed E-state index contributed by atoms with van der Waals surface area (Å²) >= 11 is 4.90. The van der Waals surface area contributed by atoms with Crippen LogP contribution in [-0.2, 0) is 6.42 Å². The number of halogens is 1. The van der Waals surface area contributed by atoms with Crippen LogP contribution in [0.4, 0.5) is 5.13 Å². The van der Waals surface area contributed by atoms with E-state index in [-0.39, 0.29) is 11.7 Å². The molecule has 6 heteroatoms. The van der Waals surface area contributed by atoms with Crippen molar-refractivity contribution in [3.8, 4) is 11.3 Å². The molecule has 4 nitrogen and oxygen atoms in total. The highest BCUT2D eigenvalue weighted by atomic mass is 79.9. The van der Waals surface area contributed by atoms with Crippen LogP contribution in [0.1, 0.15) is 35.9 Å². The Morgan fingerprint density at radius 3 is 2.75 bits per heavy atom. The molecule has 0 radical (unpaired) electrons. The number of rotatable bonds is 6. The molecule has 0 aliphatic heterocycles. The molecule has 1 amide bonds. The maximum Gasteiger partial charge on any atom is 0.293 e. The zero-order chi connectivity index (χ0) is 19.5. The fraction of sp³-hybridized carbons (Fsp3) is 0.182. The third-order valence-electron chi connectivity index (χ3n) is 4.45. The average molecular weight is 455 g/mol. The van der Waals surface area contributed by atoms with E-state index in [2.05, 4.69) is 45.3 Å². The fourth-order valence-electron chi connectivity index (χ4n) is 2.95. The van der Waals surface area contributed by atoms with Gasteiger partial charge in [0.05, 0.1) is 10.2 Å². The molecule has 0 aliphatic carbocycles. The smallest absolute Gasteiger partial charge is 0.293 e. The van der Waals surface area contributed by atoms with Crippen molar-refractivity contribution in [3.05, 3.63) is 70.4 Å². The molecule has 0 atom stereocenters. The zero-order valence-corrected chi connectivity index (χ0v) is 17.8. The number of carbonyl (C=O) groups excluding carboxylic acids is 1. The van der Waals surface area contributed by atoms with Crippen LogP contribution in [0.3, 0.4) is 0 Å². The zero-order valence-electron chi connectivity index (χ0n) is 15.4. The number of nitrogens with one attached hydrogen (secondary N) is 1. The van der Waals surface area contributed by atoms with Crippen molar-refractivity contribution in [2.75, 3.05) is 5.32 Å². The van der Waals surface area contributed by atoms with E-state index in [4.69, 9.17) is 4.42 Å². The second-order valence-electron chi connectivity index (χ2n) is 6.55. The third-order valence-corrected chi connectivity index (χ3v) is 5.91. The van der Waals surface area contributed by atoms with Crippen molar-refractivity contribution in [3.63, 3.8) is 0 Å². The van der Waals surface area contributed by atoms with Gasteiger partial charge in [-0.2, -0.15) is 0 Å². The first-order valence-electron chi connectivity index (χ1n) is 9.19. The molecule has 0 unspecified atom stereocenters. The average Bonchev–Trinajstić information content (AvgIpc) is 3.33. The van der Waals surface area contributed by atoms with E-state index in [0.29, 0.717) is 10.9 Å². The minimum atomic E-state index is -0.298. The number of hydrogen-bond donors (Lipinski definition) is 1. The van der Waals surface area contributed by atoms with Gasteiger partial charge in [0.25, 0.3) is 5.91 Å². The molecule has 2 aromatic heterocycles. The predicted octanol–water partition coefficient (Wildman–Crippen LogP) is 6.91. The Balaban J connectivity index is 1.49. The van der Waals surface area contributed by atoms with Crippen LogP contribution in [0.5, 0.6) is 0 Å². The van der Waals surface area contributed by atoms with Gasteiger partial charge in [-0.1, -0.05) is 58.8 Å². The van der Waals surface area contributed by atoms with E-state index in [1.807, 2.05) is 30.3 Å². The summed E-state index contributed by atoms with van der Waals surface area (Å²) in [6, 6.07) is 17.5. The highest BCUT2D eigenvalue weighted by Crippen LogP contribution is 2.29. The second kappa shape index (κ2) is 8.29. The molecule has 0 fully saturated rings. The molecule has 4 aromatic rings. The number of nitrogens with zero attached hydrogens (tertiary/aromatic N) is 1. The third kappa shape index (κ3) is 4.18. The highest BCUT2D eigenvalue weighted by molar-refractivity contribution is 9.10. The number of aromatic nitrogens is 1. The fourth-order valence-corrected chi connectivity index (χ4v) is 4.14. The molecule has 0 aliphatic rings. The van der Waals surface area contributed by atoms with Gasteiger partial charge in [0.15, 0.2) is 10.9 Å². The summed E-state index contributed by atoms with van der Waals surface area (Å²) in [5.74, 6) is 0.622. The molecule has 1 N–H and O–H groups in total. The van der Waals surface area contributed by atoms with Gasteiger partial charge in [0.2, 0.25) is 0 Å². The number of carbonyl (C=O) groups is 1. The summed E-state index contributed by atoms with van der Waals surface area (Å²) in [6.45, 7) is 2.19. The van der Waals surface area contributed by atoms with Crippen molar-refractivity contribution in [2.24, 2.45) is 0 Å². The van der Waals surface area contributed by atoms with Crippen molar-refractivity contribution in [2.45, 2.75) is 26.2 Å². The molecular formula is C22H19BrN2O2S. The predicted molar refractivity (Wildman–Crippen MR) is 118 cm³/mol. The Kier molecular flexibility index (Phi) is 5.59. The number of hydrogen-bond acceptors (Lipinski definition) is 4. The SMILES string of the molecule is CCCCc1ccc2nc(NC(=O)c3ccc(-c4ccc(Br)cc4)o3)sc2c1. The first-order chi connectivity index (χ1) is 13.6. The minimum absolute atomic E-state index is 0.265. The summed E-state index contributed by atoms with van der Waals surface area (Å²) < 4.78 is 7.81. The molecule has 0 saturated heterocycles. The summed E-state index contributed by atoms with van der Waals surface area (Å²) in [4.78, 5) is 17.1. The number of fused-ring (bicyclic) bond motifs is 1. The Hall–Kier alpha value is -2.44. The van der Waals surface area contributed by atoms with Crippen molar-refractivity contribution >= 4 is 48.5 Å². The Morgan fingerprint density at radius 1 is 1.14 bits per heavy atom. The lowest BCUT2D eigenvalue weighted by Gasteiger charge is -1.99. The van der Waals surface area contributed by atoms with Crippen LogP contribution in [0.2, 0.25) is 0 Å². The molecule has 0 spiro atoms. The summed E-state index contributed by atoms with van der Waals surface area (Å²) in [6.07, 6.45) is 3.41. The number of thiazole rings is 1. The van der Waals surface area contributed by atoms with Gasteiger partial charge in [-0.05, 0) is 54.8 Å². The maximum atomic E-state index is 12.6. The Morgan fingerprint density at radius 2 is 1.96 bits per heavy atom. The number of unbranched alkanes of at least 4 members (excludes halogenated alkanes) is 1. The monoisotopic (exact) mass is 454 g/mol. The lowest BCUT2D eigenvalue weighted by Crippen LogP contribution is -2.10. The van der Waals surface area contributed by atoms with Crippen LogP contribution in [-0.4, -0.2) is 10.9 Å². The number of anilines is 1. The Bertz CT molecular complexity index is 1120. The standard InChI is InChI=1S/C22H19BrN2O2S/c1-2-3-4-14-5-10-17-20(13-14)28-22(24-17)25-21(26)19-12-11-18(27-19)15-6-8-16(23)9-7-15/h5-13H,2-4H2,1H3,(H,24,25,26). The number of amides is 1. The second-order valence-corrected chi connectivity index (χ2v) is 8.50. The Labute approximate surface area is 175 Å². The van der Waals surface area contributed by atoms with Crippen LogP contribution in [0.25, 0.3) is 21.5 Å². The van der Waals surface area contributed by atoms with E-state index in [1.165, 1.54) is 29.7 Å². The van der Waals surface area contributed by atoms with Gasteiger partial charge < -0.3 is 4.42 Å². The van der Waals surface area contributed by atoms with Crippen LogP contribution in [0.15, 0.2) is 63.5 Å². The molecule has 4 rings (SSSR count). The molecule has 2 heterocycles. The van der Waals surface area contributed by atoms with Gasteiger partial charge in [-0.3, -0.25) is 10.1 Å². The van der Waals surface area contributed by atoms with E-state index in [1.54, 1.807) is 12.1 Å². The van der Waals surface area contributed by atoms with Crippen LogP contribution in [0, 0.1) is 0 Å². The van der Waals surface area contributed by atoms with E-state index >= 15 is 0 Å². The minimum Gasteiger partial charge on any atom is -0.451 e. The first kappa shape index (κ1) is 18.9. The van der Waals surface area contributed by atoms with Gasteiger partial charge in [-0.25, -0.2) is 4.98 Å². The number of furan rings is 1. The van der Waals surface area contributed by atoms with Gasteiger partial charge >= 0.3 is 0 Å². The summed E-state index contributed by atoms with van der Waals surface area (Å²) in [5.41, 5.74) is 3.12. The topological polar surface area (TPSA) is 55.1 Å². The van der Waals surface area contributed by atoms with Gasteiger partial charge in [0.1, 0.15) is 5.76 Å². The number of aryl methyl sites for hydroxylation is 1. The highest BCUT2D eigenvalue weighted by Gasteiger charge is 2.15. The molecule has 0 bridgehead atoms. The normalized spacial score (nSPS) is 11.1. The van der Waals surface area contributed by atoms with Crippen molar-refractivity contribution < 1.29 is 9.21 Å². The van der Waals surface area contributed by atoms with Crippen LogP contribution >= 0.6 is 27.3 Å². The molecular weight excluding hydrogens is 436 g/mol. The molecule has 2 aromatic carbocycles. The van der Waals surface area contributed by atoms with Crippen LogP contribution < -0.4 is 5.32 Å². The summed E-state index contributed by atoms with van der Waals surface area (Å²) in [7, 11) is 0. The van der Waals surface area contributed by atoms with Crippen molar-refractivity contribution in [1.29, 1.82) is 0 Å². The van der Waals surface area contributed by atoms with Gasteiger partial charge in [0, 0.05) is 10.0 Å². The summed E-state index contributed by atoms with van der Waals surface area (Å²) in [5, 5.41) is 3.43. The van der Waals surface area contributed by atoms with Gasteiger partial charge in [-0.15, -0.1) is 0 Å². The van der Waals surface area contributed by atoms with E-state index in [9.17, 15) is 4.79 Å². The lowest BCUT2D eigenvalue weighted by molar-refractivity contribution is 0.0997. The van der Waals surface area contributed by atoms with E-state index in [0.717, 1.165) is 26.7 Å². The maximum absolute atomic E-state index is 12.6. The molecule has 0 saturated carbocycles. The van der Waals surface area contributed by atoms with Crippen molar-refractivity contribution in [1.82, 2.24) is 4.98 Å². The lowest BCUT2D eigenvalue weighted by atomic mass is 10.1. The molecule has 142 valence electrons. The quantitative estimate of drug-likeness (QED) is 0.344. The largest absolute Gasteiger partial charge is 0.451 e. The molecule has 28 heavy (non-hydrogen) atoms. The first-order valence-corrected chi connectivity index (χ1v) is 10.8. The number of benzene rings is 2. The van der Waals surface area contributed by atoms with E-state index < -0.39 is 0 Å².